The fourth-order valence-corrected chi connectivity index (χ4v) is 2.46. The summed E-state index contributed by atoms with van der Waals surface area (Å²) in [5.41, 5.74) is 1.73. The minimum atomic E-state index is -0.144. The predicted molar refractivity (Wildman–Crippen MR) is 76.9 cm³/mol. The average Bonchev–Trinajstić information content (AvgIpc) is 2.48. The highest BCUT2D eigenvalue weighted by Gasteiger charge is 2.28. The van der Waals surface area contributed by atoms with Gasteiger partial charge in [0.05, 0.1) is 11.6 Å². The fourth-order valence-electron chi connectivity index (χ4n) is 2.46. The molecule has 1 amide bonds. The molecule has 1 atom stereocenters. The van der Waals surface area contributed by atoms with E-state index in [-0.39, 0.29) is 11.9 Å². The number of likely N-dealkylation sites (N-methyl/N-ethyl adjacent to an activating group) is 1. The lowest BCUT2D eigenvalue weighted by molar-refractivity contribution is -0.127. The van der Waals surface area contributed by atoms with Gasteiger partial charge in [-0.15, -0.1) is 0 Å². The molecule has 1 aliphatic heterocycles. The van der Waals surface area contributed by atoms with Gasteiger partial charge in [0.25, 0.3) is 0 Å². The van der Waals surface area contributed by atoms with E-state index in [1.54, 1.807) is 6.07 Å². The summed E-state index contributed by atoms with van der Waals surface area (Å²) in [6.07, 6.45) is 0. The van der Waals surface area contributed by atoms with Crippen molar-refractivity contribution in [3.05, 3.63) is 35.4 Å². The maximum absolute atomic E-state index is 12.1. The number of nitrogens with one attached hydrogen (secondary N) is 2. The molecule has 1 fully saturated rings. The minimum absolute atomic E-state index is 0.0659. The van der Waals surface area contributed by atoms with E-state index in [9.17, 15) is 4.79 Å². The fraction of sp³-hybridized carbons (Fsp3) is 0.467. The Morgan fingerprint density at radius 2 is 2.45 bits per heavy atom. The SMILES string of the molecule is CCNC(=O)C1CNCCN1Cc1cccc(C#N)c1. The van der Waals surface area contributed by atoms with Gasteiger partial charge >= 0.3 is 0 Å². The Morgan fingerprint density at radius 3 is 3.20 bits per heavy atom. The highest BCUT2D eigenvalue weighted by molar-refractivity contribution is 5.82. The van der Waals surface area contributed by atoms with Crippen LogP contribution in [-0.4, -0.2) is 43.0 Å². The molecule has 1 unspecified atom stereocenters. The standard InChI is InChI=1S/C15H20N4O/c1-2-18-15(20)14-10-17-6-7-19(14)11-13-5-3-4-12(8-13)9-16/h3-5,8,14,17H,2,6-7,10-11H2,1H3,(H,18,20). The Morgan fingerprint density at radius 1 is 1.60 bits per heavy atom. The molecule has 1 aromatic rings. The number of hydrogen-bond donors (Lipinski definition) is 2. The van der Waals surface area contributed by atoms with Crippen molar-refractivity contribution >= 4 is 5.91 Å². The molecular formula is C15H20N4O. The summed E-state index contributed by atoms with van der Waals surface area (Å²) in [6, 6.07) is 9.57. The van der Waals surface area contributed by atoms with Crippen LogP contribution in [0.15, 0.2) is 24.3 Å². The van der Waals surface area contributed by atoms with Gasteiger partial charge in [0.15, 0.2) is 0 Å². The van der Waals surface area contributed by atoms with Crippen molar-refractivity contribution in [3.8, 4) is 6.07 Å². The predicted octanol–water partition coefficient (Wildman–Crippen LogP) is 0.468. The molecule has 0 bridgehead atoms. The van der Waals surface area contributed by atoms with Crippen LogP contribution in [0.2, 0.25) is 0 Å². The van der Waals surface area contributed by atoms with Crippen LogP contribution in [0.5, 0.6) is 0 Å². The molecule has 0 saturated carbocycles. The number of amides is 1. The Kier molecular flexibility index (Phi) is 5.10. The summed E-state index contributed by atoms with van der Waals surface area (Å²) >= 11 is 0. The molecule has 2 rings (SSSR count). The molecule has 20 heavy (non-hydrogen) atoms. The third-order valence-electron chi connectivity index (χ3n) is 3.45. The van der Waals surface area contributed by atoms with Crippen LogP contribution < -0.4 is 10.6 Å². The molecule has 5 nitrogen and oxygen atoms in total. The van der Waals surface area contributed by atoms with Crippen molar-refractivity contribution in [3.63, 3.8) is 0 Å². The van der Waals surface area contributed by atoms with Crippen molar-refractivity contribution in [1.29, 1.82) is 5.26 Å². The van der Waals surface area contributed by atoms with Gasteiger partial charge in [0, 0.05) is 32.7 Å². The van der Waals surface area contributed by atoms with Crippen LogP contribution >= 0.6 is 0 Å². The average molecular weight is 272 g/mol. The molecule has 0 aliphatic carbocycles. The number of nitriles is 1. The van der Waals surface area contributed by atoms with Gasteiger partial charge in [-0.25, -0.2) is 0 Å². The van der Waals surface area contributed by atoms with Crippen molar-refractivity contribution in [2.24, 2.45) is 0 Å². The molecule has 1 heterocycles. The van der Waals surface area contributed by atoms with E-state index in [0.717, 1.165) is 18.7 Å². The van der Waals surface area contributed by atoms with Crippen LogP contribution in [-0.2, 0) is 11.3 Å². The largest absolute Gasteiger partial charge is 0.355 e. The number of carbonyl (C=O) groups excluding carboxylic acids is 1. The molecule has 2 N–H and O–H groups in total. The second-order valence-electron chi connectivity index (χ2n) is 4.90. The van der Waals surface area contributed by atoms with Gasteiger partial charge < -0.3 is 10.6 Å². The lowest BCUT2D eigenvalue weighted by atomic mass is 10.1. The topological polar surface area (TPSA) is 68.2 Å². The lowest BCUT2D eigenvalue weighted by Crippen LogP contribution is -2.57. The molecule has 0 aromatic heterocycles. The summed E-state index contributed by atoms with van der Waals surface area (Å²) in [4.78, 5) is 14.2. The van der Waals surface area contributed by atoms with Crippen LogP contribution in [0, 0.1) is 11.3 Å². The number of hydrogen-bond acceptors (Lipinski definition) is 4. The zero-order valence-corrected chi connectivity index (χ0v) is 11.7. The molecule has 1 aromatic carbocycles. The monoisotopic (exact) mass is 272 g/mol. The van der Waals surface area contributed by atoms with E-state index < -0.39 is 0 Å². The van der Waals surface area contributed by atoms with E-state index in [4.69, 9.17) is 5.26 Å². The van der Waals surface area contributed by atoms with E-state index in [1.165, 1.54) is 0 Å². The first-order chi connectivity index (χ1) is 9.74. The second-order valence-corrected chi connectivity index (χ2v) is 4.90. The van der Waals surface area contributed by atoms with Gasteiger partial charge in [-0.05, 0) is 24.6 Å². The third kappa shape index (κ3) is 3.56. The second kappa shape index (κ2) is 7.04. The van der Waals surface area contributed by atoms with Crippen molar-refractivity contribution in [2.75, 3.05) is 26.2 Å². The summed E-state index contributed by atoms with van der Waals surface area (Å²) in [5, 5.41) is 15.1. The normalized spacial score (nSPS) is 19.3. The maximum atomic E-state index is 12.1. The third-order valence-corrected chi connectivity index (χ3v) is 3.45. The van der Waals surface area contributed by atoms with E-state index in [1.807, 2.05) is 25.1 Å². The number of piperazine rings is 1. The van der Waals surface area contributed by atoms with Gasteiger partial charge in [-0.3, -0.25) is 9.69 Å². The Bertz CT molecular complexity index is 509. The number of carbonyl (C=O) groups is 1. The summed E-state index contributed by atoms with van der Waals surface area (Å²) in [6.45, 7) is 5.65. The summed E-state index contributed by atoms with van der Waals surface area (Å²) in [7, 11) is 0. The maximum Gasteiger partial charge on any atom is 0.238 e. The minimum Gasteiger partial charge on any atom is -0.355 e. The molecule has 1 saturated heterocycles. The van der Waals surface area contributed by atoms with Gasteiger partial charge in [0.1, 0.15) is 6.04 Å². The van der Waals surface area contributed by atoms with Crippen LogP contribution in [0.1, 0.15) is 18.1 Å². The van der Waals surface area contributed by atoms with Crippen molar-refractivity contribution in [2.45, 2.75) is 19.5 Å². The highest BCUT2D eigenvalue weighted by Crippen LogP contribution is 2.12. The molecule has 106 valence electrons. The Hall–Kier alpha value is -1.90. The number of nitrogens with zero attached hydrogens (tertiary/aromatic N) is 2. The number of benzene rings is 1. The quantitative estimate of drug-likeness (QED) is 0.836. The smallest absolute Gasteiger partial charge is 0.238 e. The lowest BCUT2D eigenvalue weighted by Gasteiger charge is -2.35. The van der Waals surface area contributed by atoms with Crippen molar-refractivity contribution < 1.29 is 4.79 Å². The zero-order valence-electron chi connectivity index (χ0n) is 11.7. The Labute approximate surface area is 119 Å². The number of rotatable bonds is 4. The molecule has 0 radical (unpaired) electrons. The molecule has 5 heteroatoms. The van der Waals surface area contributed by atoms with Crippen LogP contribution in [0.3, 0.4) is 0 Å². The molecular weight excluding hydrogens is 252 g/mol. The van der Waals surface area contributed by atoms with E-state index in [2.05, 4.69) is 21.6 Å². The summed E-state index contributed by atoms with van der Waals surface area (Å²) in [5.74, 6) is 0.0659. The first kappa shape index (κ1) is 14.5. The van der Waals surface area contributed by atoms with Crippen molar-refractivity contribution in [1.82, 2.24) is 15.5 Å². The van der Waals surface area contributed by atoms with E-state index >= 15 is 0 Å². The zero-order chi connectivity index (χ0) is 14.4. The molecule has 0 spiro atoms. The van der Waals surface area contributed by atoms with Gasteiger partial charge in [-0.2, -0.15) is 5.26 Å². The van der Waals surface area contributed by atoms with Crippen LogP contribution in [0.25, 0.3) is 0 Å². The van der Waals surface area contributed by atoms with Crippen LogP contribution in [0.4, 0.5) is 0 Å². The van der Waals surface area contributed by atoms with Gasteiger partial charge in [-0.1, -0.05) is 12.1 Å². The first-order valence-corrected chi connectivity index (χ1v) is 6.96. The Balaban J connectivity index is 2.08. The first-order valence-electron chi connectivity index (χ1n) is 6.96. The van der Waals surface area contributed by atoms with E-state index in [0.29, 0.717) is 25.2 Å². The highest BCUT2D eigenvalue weighted by atomic mass is 16.2. The molecule has 1 aliphatic rings. The summed E-state index contributed by atoms with van der Waals surface area (Å²) < 4.78 is 0. The van der Waals surface area contributed by atoms with Gasteiger partial charge in [0.2, 0.25) is 5.91 Å².